The zero-order valence-corrected chi connectivity index (χ0v) is 12.9. The van der Waals surface area contributed by atoms with Gasteiger partial charge in [-0.3, -0.25) is 0 Å². The van der Waals surface area contributed by atoms with Crippen LogP contribution in [0.15, 0.2) is 12.2 Å². The van der Waals surface area contributed by atoms with E-state index in [1.54, 1.807) is 0 Å². The molecule has 0 bridgehead atoms. The van der Waals surface area contributed by atoms with Crippen molar-refractivity contribution in [3.8, 4) is 0 Å². The summed E-state index contributed by atoms with van der Waals surface area (Å²) in [5.41, 5.74) is -1.44. The van der Waals surface area contributed by atoms with Crippen molar-refractivity contribution in [2.24, 2.45) is 0 Å². The monoisotopic (exact) mass is 308 g/mol. The van der Waals surface area contributed by atoms with E-state index in [1.165, 1.54) is 38.5 Å². The second kappa shape index (κ2) is 11.6. The maximum atomic E-state index is 12.1. The fourth-order valence-corrected chi connectivity index (χ4v) is 1.96. The van der Waals surface area contributed by atoms with Gasteiger partial charge in [0.1, 0.15) is 5.57 Å². The summed E-state index contributed by atoms with van der Waals surface area (Å²) in [6.07, 6.45) is 6.53. The van der Waals surface area contributed by atoms with Gasteiger partial charge in [-0.1, -0.05) is 71.3 Å². The second-order valence-corrected chi connectivity index (χ2v) is 5.29. The van der Waals surface area contributed by atoms with Crippen LogP contribution in [-0.2, 0) is 9.53 Å². The van der Waals surface area contributed by atoms with Gasteiger partial charge in [0.05, 0.1) is 6.61 Å². The minimum absolute atomic E-state index is 0.0322. The first-order chi connectivity index (χ1) is 9.89. The van der Waals surface area contributed by atoms with Gasteiger partial charge in [-0.15, -0.1) is 0 Å². The molecule has 5 heteroatoms. The molecule has 0 amide bonds. The first kappa shape index (κ1) is 20.0. The summed E-state index contributed by atoms with van der Waals surface area (Å²) in [6, 6.07) is 0. The molecule has 124 valence electrons. The summed E-state index contributed by atoms with van der Waals surface area (Å²) in [7, 11) is 0. The molecule has 0 rings (SSSR count). The van der Waals surface area contributed by atoms with Gasteiger partial charge in [-0.2, -0.15) is 13.2 Å². The number of carbonyl (C=O) groups is 1. The number of halogens is 3. The second-order valence-electron chi connectivity index (χ2n) is 5.29. The molecule has 0 radical (unpaired) electrons. The summed E-state index contributed by atoms with van der Waals surface area (Å²) in [5, 5.41) is 0. The Balaban J connectivity index is 3.37. The van der Waals surface area contributed by atoms with E-state index in [0.717, 1.165) is 19.3 Å². The van der Waals surface area contributed by atoms with Crippen LogP contribution in [0.3, 0.4) is 0 Å². The van der Waals surface area contributed by atoms with Crippen molar-refractivity contribution in [2.75, 3.05) is 6.61 Å². The highest BCUT2D eigenvalue weighted by Gasteiger charge is 2.37. The summed E-state index contributed by atoms with van der Waals surface area (Å²) in [4.78, 5) is 11.0. The molecule has 0 saturated carbocycles. The van der Waals surface area contributed by atoms with Gasteiger partial charge in [0, 0.05) is 0 Å². The number of alkyl halides is 3. The highest BCUT2D eigenvalue weighted by atomic mass is 19.4. The summed E-state index contributed by atoms with van der Waals surface area (Å²) in [5.74, 6) is -1.36. The zero-order chi connectivity index (χ0) is 16.1. The Morgan fingerprint density at radius 2 is 1.33 bits per heavy atom. The van der Waals surface area contributed by atoms with E-state index in [-0.39, 0.29) is 6.61 Å². The molecule has 0 saturated heterocycles. The Hall–Kier alpha value is -1.00. The van der Waals surface area contributed by atoms with Crippen LogP contribution in [0.1, 0.15) is 71.1 Å². The Bertz CT molecular complexity index is 298. The van der Waals surface area contributed by atoms with Gasteiger partial charge < -0.3 is 4.74 Å². The van der Waals surface area contributed by atoms with E-state index < -0.39 is 17.7 Å². The molecule has 0 spiro atoms. The molecule has 0 N–H and O–H groups in total. The van der Waals surface area contributed by atoms with Gasteiger partial charge in [-0.05, 0) is 6.42 Å². The third kappa shape index (κ3) is 11.3. The van der Waals surface area contributed by atoms with E-state index in [0.29, 0.717) is 6.42 Å². The Morgan fingerprint density at radius 1 is 0.905 bits per heavy atom. The lowest BCUT2D eigenvalue weighted by Crippen LogP contribution is -2.21. The van der Waals surface area contributed by atoms with Crippen molar-refractivity contribution in [3.05, 3.63) is 12.2 Å². The van der Waals surface area contributed by atoms with Crippen molar-refractivity contribution < 1.29 is 22.7 Å². The number of carbonyl (C=O) groups excluding carboxylic acids is 1. The number of ether oxygens (including phenoxy) is 1. The molecule has 21 heavy (non-hydrogen) atoms. The maximum Gasteiger partial charge on any atom is 0.422 e. The van der Waals surface area contributed by atoms with Crippen LogP contribution in [0.4, 0.5) is 13.2 Å². The van der Waals surface area contributed by atoms with Crippen molar-refractivity contribution in [2.45, 2.75) is 77.3 Å². The summed E-state index contributed by atoms with van der Waals surface area (Å²) in [6.45, 7) is 4.92. The van der Waals surface area contributed by atoms with Crippen molar-refractivity contribution >= 4 is 5.97 Å². The summed E-state index contributed by atoms with van der Waals surface area (Å²) < 4.78 is 40.9. The average Bonchev–Trinajstić information content (AvgIpc) is 2.42. The Kier molecular flexibility index (Phi) is 11.1. The molecule has 0 aliphatic rings. The van der Waals surface area contributed by atoms with Crippen LogP contribution < -0.4 is 0 Å². The molecule has 0 aliphatic carbocycles. The predicted molar refractivity (Wildman–Crippen MR) is 78.0 cm³/mol. The number of rotatable bonds is 12. The van der Waals surface area contributed by atoms with Crippen LogP contribution in [-0.4, -0.2) is 18.8 Å². The van der Waals surface area contributed by atoms with E-state index in [4.69, 9.17) is 0 Å². The first-order valence-corrected chi connectivity index (χ1v) is 7.82. The smallest absolute Gasteiger partial charge is 0.422 e. The molecule has 0 aromatic rings. The predicted octanol–water partition coefficient (Wildman–Crippen LogP) is 5.57. The number of hydrogen-bond acceptors (Lipinski definition) is 2. The lowest BCUT2D eigenvalue weighted by atomic mass is 10.1. The third-order valence-electron chi connectivity index (χ3n) is 3.32. The van der Waals surface area contributed by atoms with Crippen LogP contribution >= 0.6 is 0 Å². The fourth-order valence-electron chi connectivity index (χ4n) is 1.96. The van der Waals surface area contributed by atoms with E-state index in [1.807, 2.05) is 0 Å². The van der Waals surface area contributed by atoms with Crippen molar-refractivity contribution in [1.82, 2.24) is 0 Å². The lowest BCUT2D eigenvalue weighted by molar-refractivity contribution is -0.150. The Morgan fingerprint density at radius 3 is 1.76 bits per heavy atom. The van der Waals surface area contributed by atoms with Crippen molar-refractivity contribution in [1.29, 1.82) is 0 Å². The normalized spacial score (nSPS) is 11.4. The maximum absolute atomic E-state index is 12.1. The standard InChI is InChI=1S/C16H27F3O2/c1-3-4-5-6-7-8-9-10-11-12-13-21-15(20)14(2)16(17,18)19/h2-13H2,1H3. The number of unbranched alkanes of at least 4 members (excludes halogenated alkanes) is 9. The minimum atomic E-state index is -4.70. The highest BCUT2D eigenvalue weighted by Crippen LogP contribution is 2.24. The third-order valence-corrected chi connectivity index (χ3v) is 3.32. The molecular weight excluding hydrogens is 281 g/mol. The summed E-state index contributed by atoms with van der Waals surface area (Å²) >= 11 is 0. The van der Waals surface area contributed by atoms with Gasteiger partial charge in [0.15, 0.2) is 0 Å². The molecule has 0 aromatic carbocycles. The minimum Gasteiger partial charge on any atom is -0.462 e. The number of hydrogen-bond donors (Lipinski definition) is 0. The van der Waals surface area contributed by atoms with Crippen molar-refractivity contribution in [3.63, 3.8) is 0 Å². The quantitative estimate of drug-likeness (QED) is 0.268. The fraction of sp³-hybridized carbons (Fsp3) is 0.812. The van der Waals surface area contributed by atoms with Gasteiger partial charge >= 0.3 is 12.1 Å². The van der Waals surface area contributed by atoms with E-state index in [9.17, 15) is 18.0 Å². The Labute approximate surface area is 125 Å². The topological polar surface area (TPSA) is 26.3 Å². The van der Waals surface area contributed by atoms with Crippen LogP contribution in [0.2, 0.25) is 0 Å². The molecule has 0 aliphatic heterocycles. The van der Waals surface area contributed by atoms with Gasteiger partial charge in [0.25, 0.3) is 0 Å². The SMILES string of the molecule is C=C(C(=O)OCCCCCCCCCCCC)C(F)(F)F. The molecule has 0 heterocycles. The number of esters is 1. The zero-order valence-electron chi connectivity index (χ0n) is 12.9. The molecule has 2 nitrogen and oxygen atoms in total. The average molecular weight is 308 g/mol. The molecule has 0 atom stereocenters. The van der Waals surface area contributed by atoms with E-state index in [2.05, 4.69) is 18.2 Å². The van der Waals surface area contributed by atoms with Crippen LogP contribution in [0.5, 0.6) is 0 Å². The van der Waals surface area contributed by atoms with E-state index >= 15 is 0 Å². The highest BCUT2D eigenvalue weighted by molar-refractivity contribution is 5.89. The largest absolute Gasteiger partial charge is 0.462 e. The van der Waals surface area contributed by atoms with Crippen LogP contribution in [0, 0.1) is 0 Å². The molecule has 0 fully saturated rings. The van der Waals surface area contributed by atoms with Gasteiger partial charge in [0.2, 0.25) is 0 Å². The molecule has 0 aromatic heterocycles. The van der Waals surface area contributed by atoms with Crippen LogP contribution in [0.25, 0.3) is 0 Å². The lowest BCUT2D eigenvalue weighted by Gasteiger charge is -2.09. The molecule has 0 unspecified atom stereocenters. The first-order valence-electron chi connectivity index (χ1n) is 7.82. The molecular formula is C16H27F3O2. The van der Waals surface area contributed by atoms with Gasteiger partial charge in [-0.25, -0.2) is 4.79 Å².